The maximum atomic E-state index is 12.6. The van der Waals surface area contributed by atoms with Gasteiger partial charge < -0.3 is 0 Å². The van der Waals surface area contributed by atoms with Crippen LogP contribution < -0.4 is 11.2 Å². The molecule has 0 saturated heterocycles. The van der Waals surface area contributed by atoms with E-state index in [2.05, 4.69) is 16.5 Å². The van der Waals surface area contributed by atoms with Gasteiger partial charge in [-0.3, -0.25) is 13.9 Å². The largest absolute Gasteiger partial charge is 0.332 e. The highest BCUT2D eigenvalue weighted by molar-refractivity contribution is 7.99. The van der Waals surface area contributed by atoms with E-state index in [1.54, 1.807) is 10.6 Å². The molecular formula is C16H22N4O2S. The van der Waals surface area contributed by atoms with Crippen LogP contribution in [0, 0.1) is 0 Å². The van der Waals surface area contributed by atoms with Crippen LogP contribution in [0.15, 0.2) is 27.3 Å². The van der Waals surface area contributed by atoms with Crippen LogP contribution in [0.1, 0.15) is 38.9 Å². The molecule has 0 unspecified atom stereocenters. The van der Waals surface area contributed by atoms with Gasteiger partial charge in [-0.2, -0.15) is 0 Å². The summed E-state index contributed by atoms with van der Waals surface area (Å²) in [6, 6.07) is 0. The standard InChI is InChI=1S/C16H22N4O2S/c1-6-8-20-13-11(15(21)19(5)16(20)22)14(23-9-7-2)18-12(17-13)10(3)4/h7,10H,2,6,8-9H2,1,3-5H3. The van der Waals surface area contributed by atoms with Crippen molar-refractivity contribution < 1.29 is 0 Å². The second kappa shape index (κ2) is 7.12. The van der Waals surface area contributed by atoms with Crippen molar-refractivity contribution in [2.45, 2.75) is 44.7 Å². The quantitative estimate of drug-likeness (QED) is 0.460. The fourth-order valence-corrected chi connectivity index (χ4v) is 3.04. The highest BCUT2D eigenvalue weighted by atomic mass is 32.2. The minimum Gasteiger partial charge on any atom is -0.277 e. The lowest BCUT2D eigenvalue weighted by Gasteiger charge is -2.14. The molecule has 0 atom stereocenters. The van der Waals surface area contributed by atoms with Crippen LogP contribution in [0.25, 0.3) is 11.0 Å². The van der Waals surface area contributed by atoms with E-state index >= 15 is 0 Å². The summed E-state index contributed by atoms with van der Waals surface area (Å²) in [5, 5.41) is 1.03. The molecule has 2 rings (SSSR count). The number of fused-ring (bicyclic) bond motifs is 1. The summed E-state index contributed by atoms with van der Waals surface area (Å²) >= 11 is 1.44. The van der Waals surface area contributed by atoms with E-state index in [1.165, 1.54) is 18.8 Å². The van der Waals surface area contributed by atoms with Crippen molar-refractivity contribution in [1.82, 2.24) is 19.1 Å². The summed E-state index contributed by atoms with van der Waals surface area (Å²) in [6.45, 7) is 10.2. The monoisotopic (exact) mass is 334 g/mol. The molecule has 0 fully saturated rings. The van der Waals surface area contributed by atoms with E-state index in [0.29, 0.717) is 34.2 Å². The van der Waals surface area contributed by atoms with Gasteiger partial charge in [0.1, 0.15) is 16.2 Å². The average molecular weight is 334 g/mol. The first-order chi connectivity index (χ1) is 10.9. The molecule has 0 aliphatic carbocycles. The van der Waals surface area contributed by atoms with Gasteiger partial charge in [0.2, 0.25) is 0 Å². The number of hydrogen-bond acceptors (Lipinski definition) is 5. The summed E-state index contributed by atoms with van der Waals surface area (Å²) in [5.74, 6) is 1.39. The molecular weight excluding hydrogens is 312 g/mol. The molecule has 0 bridgehead atoms. The van der Waals surface area contributed by atoms with Gasteiger partial charge in [0.15, 0.2) is 5.65 Å². The maximum absolute atomic E-state index is 12.6. The van der Waals surface area contributed by atoms with Crippen LogP contribution >= 0.6 is 11.8 Å². The zero-order valence-corrected chi connectivity index (χ0v) is 14.8. The predicted octanol–water partition coefficient (Wildman–Crippen LogP) is 2.30. The van der Waals surface area contributed by atoms with Gasteiger partial charge >= 0.3 is 5.69 Å². The highest BCUT2D eigenvalue weighted by Gasteiger charge is 2.19. The molecule has 6 nitrogen and oxygen atoms in total. The minimum absolute atomic E-state index is 0.108. The summed E-state index contributed by atoms with van der Waals surface area (Å²) in [4.78, 5) is 34.1. The van der Waals surface area contributed by atoms with Gasteiger partial charge in [-0.1, -0.05) is 26.8 Å². The zero-order valence-electron chi connectivity index (χ0n) is 14.0. The van der Waals surface area contributed by atoms with E-state index < -0.39 is 0 Å². The molecule has 23 heavy (non-hydrogen) atoms. The highest BCUT2D eigenvalue weighted by Crippen LogP contribution is 2.24. The van der Waals surface area contributed by atoms with E-state index in [4.69, 9.17) is 0 Å². The number of hydrogen-bond donors (Lipinski definition) is 0. The Bertz CT molecular complexity index is 852. The molecule has 0 aliphatic rings. The van der Waals surface area contributed by atoms with Crippen LogP contribution in [0.3, 0.4) is 0 Å². The Morgan fingerprint density at radius 2 is 2.00 bits per heavy atom. The smallest absolute Gasteiger partial charge is 0.277 e. The minimum atomic E-state index is -0.348. The maximum Gasteiger partial charge on any atom is 0.332 e. The Labute approximate surface area is 139 Å². The van der Waals surface area contributed by atoms with Gasteiger partial charge in [-0.25, -0.2) is 14.8 Å². The number of nitrogens with zero attached hydrogens (tertiary/aromatic N) is 4. The van der Waals surface area contributed by atoms with Gasteiger partial charge in [-0.05, 0) is 6.42 Å². The third-order valence-corrected chi connectivity index (χ3v) is 4.44. The lowest BCUT2D eigenvalue weighted by molar-refractivity contribution is 0.603. The van der Waals surface area contributed by atoms with Crippen LogP contribution in [0.5, 0.6) is 0 Å². The molecule has 0 aromatic carbocycles. The van der Waals surface area contributed by atoms with Crippen LogP contribution in [-0.2, 0) is 13.6 Å². The SMILES string of the molecule is C=CCSc1nc(C(C)C)nc2c1c(=O)n(C)c(=O)n2CCC. The van der Waals surface area contributed by atoms with Crippen molar-refractivity contribution in [1.29, 1.82) is 0 Å². The first-order valence-electron chi connectivity index (χ1n) is 7.67. The fourth-order valence-electron chi connectivity index (χ4n) is 2.28. The molecule has 0 N–H and O–H groups in total. The molecule has 2 aromatic heterocycles. The Morgan fingerprint density at radius 1 is 1.30 bits per heavy atom. The Hall–Kier alpha value is -1.89. The van der Waals surface area contributed by atoms with Crippen LogP contribution in [0.2, 0.25) is 0 Å². The van der Waals surface area contributed by atoms with E-state index in [9.17, 15) is 9.59 Å². The average Bonchev–Trinajstić information content (AvgIpc) is 2.53. The molecule has 2 aromatic rings. The first kappa shape index (κ1) is 17.5. The second-order valence-corrected chi connectivity index (χ2v) is 6.65. The molecule has 2 heterocycles. The molecule has 0 saturated carbocycles. The molecule has 0 aliphatic heterocycles. The number of thioether (sulfide) groups is 1. The lowest BCUT2D eigenvalue weighted by Crippen LogP contribution is -2.39. The Kier molecular flexibility index (Phi) is 5.41. The second-order valence-electron chi connectivity index (χ2n) is 5.64. The van der Waals surface area contributed by atoms with Crippen molar-refractivity contribution in [3.05, 3.63) is 39.3 Å². The van der Waals surface area contributed by atoms with Crippen LogP contribution in [0.4, 0.5) is 0 Å². The van der Waals surface area contributed by atoms with Crippen molar-refractivity contribution in [3.63, 3.8) is 0 Å². The van der Waals surface area contributed by atoms with E-state index in [0.717, 1.165) is 11.0 Å². The van der Waals surface area contributed by atoms with Crippen molar-refractivity contribution >= 4 is 22.8 Å². The zero-order chi connectivity index (χ0) is 17.1. The number of aryl methyl sites for hydroxylation is 1. The molecule has 0 spiro atoms. The third-order valence-electron chi connectivity index (χ3n) is 3.47. The summed E-state index contributed by atoms with van der Waals surface area (Å²) in [7, 11) is 1.49. The van der Waals surface area contributed by atoms with Crippen molar-refractivity contribution in [2.24, 2.45) is 7.05 Å². The van der Waals surface area contributed by atoms with Crippen molar-refractivity contribution in [3.8, 4) is 0 Å². The number of aromatic nitrogens is 4. The molecule has 0 radical (unpaired) electrons. The summed E-state index contributed by atoms with van der Waals surface area (Å²) in [5.41, 5.74) is -0.248. The van der Waals surface area contributed by atoms with Gasteiger partial charge in [0.05, 0.1) is 0 Å². The summed E-state index contributed by atoms with van der Waals surface area (Å²) < 4.78 is 2.70. The number of rotatable bonds is 6. The normalized spacial score (nSPS) is 11.3. The Morgan fingerprint density at radius 3 is 2.57 bits per heavy atom. The third kappa shape index (κ3) is 3.24. The van der Waals surface area contributed by atoms with Crippen LogP contribution in [-0.4, -0.2) is 24.9 Å². The van der Waals surface area contributed by atoms with Gasteiger partial charge in [-0.15, -0.1) is 18.3 Å². The first-order valence-corrected chi connectivity index (χ1v) is 8.66. The molecule has 0 amide bonds. The Balaban J connectivity index is 2.95. The predicted molar refractivity (Wildman–Crippen MR) is 94.3 cm³/mol. The van der Waals surface area contributed by atoms with Gasteiger partial charge in [0.25, 0.3) is 5.56 Å². The van der Waals surface area contributed by atoms with E-state index in [-0.39, 0.29) is 17.2 Å². The van der Waals surface area contributed by atoms with Gasteiger partial charge in [0, 0.05) is 25.3 Å². The van der Waals surface area contributed by atoms with Crippen molar-refractivity contribution in [2.75, 3.05) is 5.75 Å². The molecule has 124 valence electrons. The van der Waals surface area contributed by atoms with E-state index in [1.807, 2.05) is 20.8 Å². The molecule has 7 heteroatoms. The lowest BCUT2D eigenvalue weighted by atomic mass is 10.2. The topological polar surface area (TPSA) is 69.8 Å². The summed E-state index contributed by atoms with van der Waals surface area (Å²) in [6.07, 6.45) is 2.55. The fraction of sp³-hybridized carbons (Fsp3) is 0.500.